The van der Waals surface area contributed by atoms with E-state index in [0.29, 0.717) is 10.8 Å². The molecule has 0 atom stereocenters. The Labute approximate surface area is 153 Å². The number of pyridine rings is 1. The number of rotatable bonds is 3. The summed E-state index contributed by atoms with van der Waals surface area (Å²) in [7, 11) is 0. The fourth-order valence-corrected chi connectivity index (χ4v) is 3.32. The third-order valence-electron chi connectivity index (χ3n) is 3.71. The molecular formula is C19H14N4O2S. The Morgan fingerprint density at radius 1 is 1.12 bits per heavy atom. The predicted octanol–water partition coefficient (Wildman–Crippen LogP) is 2.15. The van der Waals surface area contributed by atoms with Crippen molar-refractivity contribution in [3.05, 3.63) is 53.5 Å². The van der Waals surface area contributed by atoms with Gasteiger partial charge < -0.3 is 17.2 Å². The molecule has 0 spiro atoms. The van der Waals surface area contributed by atoms with Crippen LogP contribution in [0.3, 0.4) is 0 Å². The molecule has 0 aliphatic rings. The van der Waals surface area contributed by atoms with Crippen molar-refractivity contribution in [3.63, 3.8) is 0 Å². The molecule has 128 valence electrons. The third kappa shape index (κ3) is 3.14. The molecule has 2 heterocycles. The number of hydrogen-bond donors (Lipinski definition) is 3. The highest BCUT2D eigenvalue weighted by molar-refractivity contribution is 7.13. The molecule has 3 aromatic rings. The van der Waals surface area contributed by atoms with Gasteiger partial charge in [-0.1, -0.05) is 30.7 Å². The summed E-state index contributed by atoms with van der Waals surface area (Å²) < 4.78 is 0. The van der Waals surface area contributed by atoms with Crippen molar-refractivity contribution in [1.82, 2.24) is 4.98 Å². The number of nitrogens with two attached hydrogens (primary N) is 3. The van der Waals surface area contributed by atoms with E-state index in [1.54, 1.807) is 17.4 Å². The summed E-state index contributed by atoms with van der Waals surface area (Å²) in [6.07, 6.45) is 0. The van der Waals surface area contributed by atoms with Gasteiger partial charge in [-0.2, -0.15) is 0 Å². The first kappa shape index (κ1) is 17.2. The molecule has 3 rings (SSSR count). The van der Waals surface area contributed by atoms with E-state index in [9.17, 15) is 9.59 Å². The monoisotopic (exact) mass is 362 g/mol. The van der Waals surface area contributed by atoms with Crippen LogP contribution in [-0.2, 0) is 4.79 Å². The van der Waals surface area contributed by atoms with Crippen LogP contribution in [0.2, 0.25) is 0 Å². The molecule has 0 radical (unpaired) electrons. The highest BCUT2D eigenvalue weighted by Crippen LogP contribution is 2.33. The van der Waals surface area contributed by atoms with E-state index < -0.39 is 11.8 Å². The number of anilines is 1. The Morgan fingerprint density at radius 3 is 2.50 bits per heavy atom. The van der Waals surface area contributed by atoms with E-state index in [2.05, 4.69) is 23.4 Å². The van der Waals surface area contributed by atoms with E-state index in [1.165, 1.54) is 0 Å². The van der Waals surface area contributed by atoms with Gasteiger partial charge in [0.25, 0.3) is 11.8 Å². The zero-order valence-electron chi connectivity index (χ0n) is 13.6. The Bertz CT molecular complexity index is 1120. The first-order valence-electron chi connectivity index (χ1n) is 7.46. The third-order valence-corrected chi connectivity index (χ3v) is 4.63. The number of hydrogen-bond acceptors (Lipinski definition) is 5. The van der Waals surface area contributed by atoms with Gasteiger partial charge in [0.2, 0.25) is 0 Å². The molecule has 0 aliphatic heterocycles. The summed E-state index contributed by atoms with van der Waals surface area (Å²) in [5.41, 5.74) is 18.0. The minimum Gasteiger partial charge on any atom is -0.383 e. The molecule has 6 nitrogen and oxygen atoms in total. The average Bonchev–Trinajstić information content (AvgIpc) is 3.13. The topological polar surface area (TPSA) is 125 Å². The summed E-state index contributed by atoms with van der Waals surface area (Å²) in [5, 5.41) is 3.11. The number of aromatic nitrogens is 1. The van der Waals surface area contributed by atoms with Gasteiger partial charge in [0, 0.05) is 27.1 Å². The van der Waals surface area contributed by atoms with Crippen LogP contribution in [0, 0.1) is 11.8 Å². The minimum absolute atomic E-state index is 0.132. The summed E-state index contributed by atoms with van der Waals surface area (Å²) >= 11 is 1.57. The van der Waals surface area contributed by atoms with Crippen molar-refractivity contribution < 1.29 is 9.59 Å². The molecule has 6 N–H and O–H groups in total. The van der Waals surface area contributed by atoms with E-state index in [0.717, 1.165) is 10.4 Å². The fraction of sp³-hybridized carbons (Fsp3) is 0. The van der Waals surface area contributed by atoms with Crippen molar-refractivity contribution in [1.29, 1.82) is 0 Å². The SMILES string of the molecule is C=C(C#CC(N)=O)c1nc(N)c2ccc(-c3cccs3)cc2c1C(N)=O. The van der Waals surface area contributed by atoms with Gasteiger partial charge >= 0.3 is 0 Å². The number of fused-ring (bicyclic) bond motifs is 1. The van der Waals surface area contributed by atoms with Crippen LogP contribution in [0.25, 0.3) is 26.8 Å². The number of primary amides is 2. The first-order valence-corrected chi connectivity index (χ1v) is 8.34. The summed E-state index contributed by atoms with van der Waals surface area (Å²) in [4.78, 5) is 28.3. The molecule has 0 aliphatic carbocycles. The number of allylic oxidation sites excluding steroid dienone is 1. The molecule has 0 saturated heterocycles. The molecule has 2 amide bonds. The standard InChI is InChI=1S/C19H14N4O2S/c1-10(4-7-15(20)24)17-16(19(22)25)13-9-11(14-3-2-8-26-14)5-6-12(13)18(21)23-17/h2-3,5-6,8-9H,1H2,(H2,20,24)(H2,21,23)(H2,22,25). The largest absolute Gasteiger partial charge is 0.383 e. The molecule has 0 fully saturated rings. The molecule has 1 aromatic carbocycles. The zero-order valence-corrected chi connectivity index (χ0v) is 14.4. The maximum atomic E-state index is 12.2. The lowest BCUT2D eigenvalue weighted by atomic mass is 9.97. The van der Waals surface area contributed by atoms with Gasteiger partial charge in [-0.25, -0.2) is 4.98 Å². The Hall–Kier alpha value is -3.63. The van der Waals surface area contributed by atoms with E-state index >= 15 is 0 Å². The van der Waals surface area contributed by atoms with Crippen LogP contribution in [0.15, 0.2) is 42.3 Å². The van der Waals surface area contributed by atoms with Gasteiger partial charge in [0.05, 0.1) is 11.3 Å². The predicted molar refractivity (Wildman–Crippen MR) is 104 cm³/mol. The van der Waals surface area contributed by atoms with Gasteiger partial charge in [0.1, 0.15) is 5.82 Å². The Kier molecular flexibility index (Phi) is 4.43. The van der Waals surface area contributed by atoms with Crippen molar-refractivity contribution in [2.24, 2.45) is 11.5 Å². The number of amides is 2. The number of carbonyl (C=O) groups excluding carboxylic acids is 2. The van der Waals surface area contributed by atoms with Gasteiger partial charge in [-0.3, -0.25) is 9.59 Å². The fourth-order valence-electron chi connectivity index (χ4n) is 2.60. The zero-order chi connectivity index (χ0) is 18.8. The number of benzene rings is 1. The van der Waals surface area contributed by atoms with Crippen molar-refractivity contribution >= 4 is 45.3 Å². The minimum atomic E-state index is -0.819. The van der Waals surface area contributed by atoms with Crippen LogP contribution in [0.1, 0.15) is 16.1 Å². The lowest BCUT2D eigenvalue weighted by Gasteiger charge is -2.12. The summed E-state index contributed by atoms with van der Waals surface area (Å²) in [6, 6.07) is 9.43. The Balaban J connectivity index is 2.31. The van der Waals surface area contributed by atoms with Crippen LogP contribution in [0.5, 0.6) is 0 Å². The molecule has 26 heavy (non-hydrogen) atoms. The smallest absolute Gasteiger partial charge is 0.293 e. The second-order valence-electron chi connectivity index (χ2n) is 5.42. The van der Waals surface area contributed by atoms with Crippen LogP contribution >= 0.6 is 11.3 Å². The number of nitrogens with zero attached hydrogens (tertiary/aromatic N) is 1. The van der Waals surface area contributed by atoms with Crippen LogP contribution < -0.4 is 17.2 Å². The Morgan fingerprint density at radius 2 is 1.88 bits per heavy atom. The van der Waals surface area contributed by atoms with E-state index in [1.807, 2.05) is 29.6 Å². The van der Waals surface area contributed by atoms with Crippen LogP contribution in [-0.4, -0.2) is 16.8 Å². The average molecular weight is 362 g/mol. The maximum Gasteiger partial charge on any atom is 0.293 e. The van der Waals surface area contributed by atoms with Crippen molar-refractivity contribution in [2.75, 3.05) is 5.73 Å². The van der Waals surface area contributed by atoms with Crippen LogP contribution in [0.4, 0.5) is 5.82 Å². The lowest BCUT2D eigenvalue weighted by Crippen LogP contribution is -2.16. The summed E-state index contributed by atoms with van der Waals surface area (Å²) in [6.45, 7) is 3.76. The number of thiophene rings is 1. The highest BCUT2D eigenvalue weighted by atomic mass is 32.1. The molecule has 0 unspecified atom stereocenters. The number of nitrogen functional groups attached to an aromatic ring is 1. The second kappa shape index (κ2) is 6.70. The molecule has 0 bridgehead atoms. The second-order valence-corrected chi connectivity index (χ2v) is 6.36. The molecule has 2 aromatic heterocycles. The van der Waals surface area contributed by atoms with Crippen molar-refractivity contribution in [3.8, 4) is 22.3 Å². The quantitative estimate of drug-likeness (QED) is 0.617. The van der Waals surface area contributed by atoms with E-state index in [-0.39, 0.29) is 22.6 Å². The van der Waals surface area contributed by atoms with Gasteiger partial charge in [-0.15, -0.1) is 11.3 Å². The normalized spacial score (nSPS) is 10.2. The lowest BCUT2D eigenvalue weighted by molar-refractivity contribution is -0.112. The molecule has 0 saturated carbocycles. The molecule has 7 heteroatoms. The van der Waals surface area contributed by atoms with Gasteiger partial charge in [-0.05, 0) is 23.1 Å². The van der Waals surface area contributed by atoms with Gasteiger partial charge in [0.15, 0.2) is 0 Å². The molecular weight excluding hydrogens is 348 g/mol. The summed E-state index contributed by atoms with van der Waals surface area (Å²) in [5.74, 6) is 3.35. The maximum absolute atomic E-state index is 12.2. The highest BCUT2D eigenvalue weighted by Gasteiger charge is 2.19. The number of carbonyl (C=O) groups is 2. The van der Waals surface area contributed by atoms with E-state index in [4.69, 9.17) is 17.2 Å². The first-order chi connectivity index (χ1) is 12.4. The van der Waals surface area contributed by atoms with Crippen molar-refractivity contribution in [2.45, 2.75) is 0 Å².